The zero-order valence-corrected chi connectivity index (χ0v) is 13.6. The molecule has 1 amide bonds. The second kappa shape index (κ2) is 7.45. The molecule has 1 heterocycles. The van der Waals surface area contributed by atoms with E-state index in [0.717, 1.165) is 17.0 Å². The second-order valence-corrected chi connectivity index (χ2v) is 6.50. The monoisotopic (exact) mass is 322 g/mol. The smallest absolute Gasteiger partial charge is 0.233 e. The highest BCUT2D eigenvalue weighted by Crippen LogP contribution is 2.20. The van der Waals surface area contributed by atoms with Crippen LogP contribution in [0.3, 0.4) is 0 Å². The van der Waals surface area contributed by atoms with Crippen LogP contribution in [-0.2, 0) is 10.5 Å². The first-order valence-corrected chi connectivity index (χ1v) is 8.10. The van der Waals surface area contributed by atoms with Gasteiger partial charge in [0.1, 0.15) is 11.6 Å². The van der Waals surface area contributed by atoms with Crippen molar-refractivity contribution in [3.8, 4) is 0 Å². The summed E-state index contributed by atoms with van der Waals surface area (Å²) < 4.78 is 18.0. The zero-order chi connectivity index (χ0) is 16.1. The van der Waals surface area contributed by atoms with Gasteiger partial charge in [0.2, 0.25) is 5.91 Å². The number of amides is 1. The van der Waals surface area contributed by atoms with Gasteiger partial charge in [-0.2, -0.15) is 0 Å². The lowest BCUT2D eigenvalue weighted by Gasteiger charge is -2.17. The molecule has 0 aliphatic rings. The van der Waals surface area contributed by atoms with Crippen molar-refractivity contribution in [2.24, 2.45) is 0 Å². The third-order valence-electron chi connectivity index (χ3n) is 3.25. The summed E-state index contributed by atoms with van der Waals surface area (Å²) in [7, 11) is 0. The lowest BCUT2D eigenvalue weighted by atomic mass is 10.1. The second-order valence-electron chi connectivity index (χ2n) is 5.17. The molecule has 0 saturated carbocycles. The summed E-state index contributed by atoms with van der Waals surface area (Å²) in [5.41, 5.74) is 1.70. The number of benzene rings is 1. The molecule has 0 aliphatic heterocycles. The Morgan fingerprint density at radius 2 is 2.05 bits per heavy atom. The quantitative estimate of drug-likeness (QED) is 0.882. The van der Waals surface area contributed by atoms with Crippen LogP contribution in [0.1, 0.15) is 36.9 Å². The van der Waals surface area contributed by atoms with Gasteiger partial charge in [-0.15, -0.1) is 11.8 Å². The molecule has 2 rings (SSSR count). The summed E-state index contributed by atoms with van der Waals surface area (Å²) >= 11 is 1.48. The summed E-state index contributed by atoms with van der Waals surface area (Å²) in [5, 5.41) is 6.53. The Morgan fingerprint density at radius 3 is 2.64 bits per heavy atom. The van der Waals surface area contributed by atoms with Crippen molar-refractivity contribution in [3.63, 3.8) is 0 Å². The van der Waals surface area contributed by atoms with E-state index >= 15 is 0 Å². The summed E-state index contributed by atoms with van der Waals surface area (Å²) in [6.07, 6.45) is 0. The number of aromatic nitrogens is 1. The van der Waals surface area contributed by atoms with Crippen molar-refractivity contribution in [3.05, 3.63) is 53.2 Å². The van der Waals surface area contributed by atoms with E-state index in [2.05, 4.69) is 10.5 Å². The number of hydrogen-bond donors (Lipinski definition) is 1. The highest BCUT2D eigenvalue weighted by Gasteiger charge is 2.17. The van der Waals surface area contributed by atoms with E-state index in [1.54, 1.807) is 12.1 Å². The maximum atomic E-state index is 12.9. The summed E-state index contributed by atoms with van der Waals surface area (Å²) in [6.45, 7) is 5.58. The molecule has 2 atom stereocenters. The molecular formula is C16H19FN2O2S. The maximum absolute atomic E-state index is 12.9. The van der Waals surface area contributed by atoms with E-state index in [9.17, 15) is 9.18 Å². The van der Waals surface area contributed by atoms with Gasteiger partial charge in [-0.25, -0.2) is 4.39 Å². The van der Waals surface area contributed by atoms with Crippen molar-refractivity contribution in [1.82, 2.24) is 10.5 Å². The number of aryl methyl sites for hydroxylation is 1. The van der Waals surface area contributed by atoms with Crippen LogP contribution in [0.4, 0.5) is 4.39 Å². The van der Waals surface area contributed by atoms with Crippen LogP contribution in [0.5, 0.6) is 0 Å². The van der Waals surface area contributed by atoms with Crippen LogP contribution in [-0.4, -0.2) is 16.3 Å². The third-order valence-corrected chi connectivity index (χ3v) is 4.42. The van der Waals surface area contributed by atoms with Crippen LogP contribution in [0, 0.1) is 12.7 Å². The predicted molar refractivity (Wildman–Crippen MR) is 85.0 cm³/mol. The van der Waals surface area contributed by atoms with Gasteiger partial charge < -0.3 is 9.84 Å². The van der Waals surface area contributed by atoms with E-state index in [1.165, 1.54) is 23.9 Å². The molecule has 4 nitrogen and oxygen atoms in total. The Morgan fingerprint density at radius 1 is 1.36 bits per heavy atom. The molecule has 0 fully saturated rings. The summed E-state index contributed by atoms with van der Waals surface area (Å²) in [5.74, 6) is 1.01. The van der Waals surface area contributed by atoms with Crippen LogP contribution in [0.2, 0.25) is 0 Å². The molecular weight excluding hydrogens is 303 g/mol. The standard InChI is InChI=1S/C16H19FN2O2S/c1-10-8-15(21-19-10)9-22-12(3)16(20)18-11(2)13-4-6-14(17)7-5-13/h4-8,11-12H,9H2,1-3H3,(H,18,20)/t11-,12+/m0/s1. The number of thioether (sulfide) groups is 1. The van der Waals surface area contributed by atoms with E-state index in [-0.39, 0.29) is 23.0 Å². The minimum absolute atomic E-state index is 0.0573. The van der Waals surface area contributed by atoms with Crippen molar-refractivity contribution >= 4 is 17.7 Å². The number of nitrogens with one attached hydrogen (secondary N) is 1. The molecule has 0 spiro atoms. The topological polar surface area (TPSA) is 55.1 Å². The average molecular weight is 322 g/mol. The number of halogens is 1. The normalized spacial score (nSPS) is 13.6. The van der Waals surface area contributed by atoms with E-state index in [1.807, 2.05) is 26.8 Å². The molecule has 1 aromatic carbocycles. The zero-order valence-electron chi connectivity index (χ0n) is 12.8. The Labute approximate surface area is 133 Å². The molecule has 0 radical (unpaired) electrons. The van der Waals surface area contributed by atoms with E-state index < -0.39 is 0 Å². The van der Waals surface area contributed by atoms with Gasteiger partial charge in [-0.3, -0.25) is 4.79 Å². The Kier molecular flexibility index (Phi) is 5.60. The minimum Gasteiger partial charge on any atom is -0.360 e. The fourth-order valence-corrected chi connectivity index (χ4v) is 2.70. The molecule has 6 heteroatoms. The number of carbonyl (C=O) groups is 1. The lowest BCUT2D eigenvalue weighted by Crippen LogP contribution is -2.33. The van der Waals surface area contributed by atoms with Gasteiger partial charge >= 0.3 is 0 Å². The van der Waals surface area contributed by atoms with Gasteiger partial charge in [0, 0.05) is 6.07 Å². The molecule has 118 valence electrons. The molecule has 1 aromatic heterocycles. The van der Waals surface area contributed by atoms with Crippen molar-refractivity contribution in [2.45, 2.75) is 37.8 Å². The number of carbonyl (C=O) groups excluding carboxylic acids is 1. The van der Waals surface area contributed by atoms with Crippen LogP contribution in [0.15, 0.2) is 34.9 Å². The van der Waals surface area contributed by atoms with E-state index in [0.29, 0.717) is 5.75 Å². The fraction of sp³-hybridized carbons (Fsp3) is 0.375. The first kappa shape index (κ1) is 16.5. The third kappa shape index (κ3) is 4.59. The van der Waals surface area contributed by atoms with Crippen molar-refractivity contribution in [1.29, 1.82) is 0 Å². The number of hydrogen-bond acceptors (Lipinski definition) is 4. The van der Waals surface area contributed by atoms with E-state index in [4.69, 9.17) is 4.52 Å². The average Bonchev–Trinajstić information content (AvgIpc) is 2.91. The molecule has 2 aromatic rings. The molecule has 0 bridgehead atoms. The molecule has 1 N–H and O–H groups in total. The Balaban J connectivity index is 1.83. The number of nitrogens with zero attached hydrogens (tertiary/aromatic N) is 1. The van der Waals surface area contributed by atoms with Gasteiger partial charge in [0.25, 0.3) is 0 Å². The Hall–Kier alpha value is -1.82. The van der Waals surface area contributed by atoms with Crippen molar-refractivity contribution < 1.29 is 13.7 Å². The van der Waals surface area contributed by atoms with Crippen LogP contribution < -0.4 is 5.32 Å². The van der Waals surface area contributed by atoms with Gasteiger partial charge in [-0.1, -0.05) is 17.3 Å². The first-order chi connectivity index (χ1) is 10.5. The highest BCUT2D eigenvalue weighted by molar-refractivity contribution is 7.99. The van der Waals surface area contributed by atoms with Crippen LogP contribution >= 0.6 is 11.8 Å². The molecule has 0 aliphatic carbocycles. The number of rotatable bonds is 6. The van der Waals surface area contributed by atoms with Crippen LogP contribution in [0.25, 0.3) is 0 Å². The Bertz CT molecular complexity index is 627. The first-order valence-electron chi connectivity index (χ1n) is 7.05. The van der Waals surface area contributed by atoms with Gasteiger partial charge in [0.05, 0.1) is 22.7 Å². The highest BCUT2D eigenvalue weighted by atomic mass is 32.2. The lowest BCUT2D eigenvalue weighted by molar-refractivity contribution is -0.120. The molecule has 22 heavy (non-hydrogen) atoms. The molecule has 0 unspecified atom stereocenters. The van der Waals surface area contributed by atoms with Gasteiger partial charge in [0.15, 0.2) is 0 Å². The molecule has 0 saturated heterocycles. The summed E-state index contributed by atoms with van der Waals surface area (Å²) in [6, 6.07) is 7.83. The van der Waals surface area contributed by atoms with Gasteiger partial charge in [-0.05, 0) is 38.5 Å². The van der Waals surface area contributed by atoms with Crippen molar-refractivity contribution in [2.75, 3.05) is 0 Å². The predicted octanol–water partition coefficient (Wildman–Crippen LogP) is 3.62. The maximum Gasteiger partial charge on any atom is 0.233 e. The fourth-order valence-electron chi connectivity index (χ4n) is 1.93. The summed E-state index contributed by atoms with van der Waals surface area (Å²) in [4.78, 5) is 12.2. The largest absolute Gasteiger partial charge is 0.360 e. The minimum atomic E-state index is -0.284. The SMILES string of the molecule is Cc1cc(CS[C@H](C)C(=O)N[C@@H](C)c2ccc(F)cc2)on1.